The molecular formula is C10H16N2O. The standard InChI is InChI=1S/C10H16N2O/c1-3-7-12-9(13)10(2)6-4-5-8(10)11/h1,8H,4-7,11H2,2H3,(H,12,13). The summed E-state index contributed by atoms with van der Waals surface area (Å²) in [5.74, 6) is 2.38. The summed E-state index contributed by atoms with van der Waals surface area (Å²) in [4.78, 5) is 11.6. The van der Waals surface area contributed by atoms with E-state index >= 15 is 0 Å². The third-order valence-corrected chi connectivity index (χ3v) is 2.90. The number of hydrogen-bond acceptors (Lipinski definition) is 2. The van der Waals surface area contributed by atoms with Gasteiger partial charge in [-0.25, -0.2) is 0 Å². The second kappa shape index (κ2) is 3.80. The molecule has 0 aromatic rings. The van der Waals surface area contributed by atoms with Crippen LogP contribution in [0, 0.1) is 17.8 Å². The van der Waals surface area contributed by atoms with Gasteiger partial charge in [-0.2, -0.15) is 0 Å². The quantitative estimate of drug-likeness (QED) is 0.599. The van der Waals surface area contributed by atoms with Crippen molar-refractivity contribution in [2.45, 2.75) is 32.2 Å². The number of hydrogen-bond donors (Lipinski definition) is 2. The van der Waals surface area contributed by atoms with Gasteiger partial charge in [0.2, 0.25) is 5.91 Å². The minimum Gasteiger partial charge on any atom is -0.345 e. The zero-order valence-electron chi connectivity index (χ0n) is 7.97. The molecule has 2 unspecified atom stereocenters. The van der Waals surface area contributed by atoms with E-state index in [1.54, 1.807) is 0 Å². The fourth-order valence-corrected chi connectivity index (χ4v) is 1.81. The van der Waals surface area contributed by atoms with Gasteiger partial charge in [0.05, 0.1) is 12.0 Å². The first-order valence-corrected chi connectivity index (χ1v) is 4.58. The number of nitrogens with two attached hydrogens (primary N) is 1. The molecular weight excluding hydrogens is 164 g/mol. The average molecular weight is 180 g/mol. The molecule has 13 heavy (non-hydrogen) atoms. The van der Waals surface area contributed by atoms with Gasteiger partial charge in [0.1, 0.15) is 0 Å². The molecule has 0 bridgehead atoms. The zero-order chi connectivity index (χ0) is 9.90. The van der Waals surface area contributed by atoms with Crippen molar-refractivity contribution in [3.63, 3.8) is 0 Å². The van der Waals surface area contributed by atoms with Gasteiger partial charge in [0.15, 0.2) is 0 Å². The first-order valence-electron chi connectivity index (χ1n) is 4.58. The topological polar surface area (TPSA) is 55.1 Å². The van der Waals surface area contributed by atoms with Gasteiger partial charge < -0.3 is 11.1 Å². The predicted octanol–water partition coefficient (Wildman–Crippen LogP) is 0.253. The Labute approximate surface area is 79.1 Å². The number of terminal acetylenes is 1. The summed E-state index contributed by atoms with van der Waals surface area (Å²) in [5.41, 5.74) is 5.47. The number of rotatable bonds is 2. The maximum absolute atomic E-state index is 11.6. The predicted molar refractivity (Wildman–Crippen MR) is 51.8 cm³/mol. The summed E-state index contributed by atoms with van der Waals surface area (Å²) >= 11 is 0. The summed E-state index contributed by atoms with van der Waals surface area (Å²) in [5, 5.41) is 2.69. The lowest BCUT2D eigenvalue weighted by Gasteiger charge is -2.26. The van der Waals surface area contributed by atoms with Crippen LogP contribution in [0.15, 0.2) is 0 Å². The third-order valence-electron chi connectivity index (χ3n) is 2.90. The highest BCUT2D eigenvalue weighted by atomic mass is 16.2. The van der Waals surface area contributed by atoms with Gasteiger partial charge in [-0.15, -0.1) is 6.42 Å². The van der Waals surface area contributed by atoms with Crippen molar-refractivity contribution in [3.05, 3.63) is 0 Å². The Hall–Kier alpha value is -1.01. The molecule has 72 valence electrons. The molecule has 3 heteroatoms. The summed E-state index contributed by atoms with van der Waals surface area (Å²) in [7, 11) is 0. The van der Waals surface area contributed by atoms with Crippen LogP contribution in [-0.2, 0) is 4.79 Å². The summed E-state index contributed by atoms with van der Waals surface area (Å²) in [6.45, 7) is 2.21. The number of carbonyl (C=O) groups is 1. The first kappa shape index (κ1) is 10.1. The molecule has 0 spiro atoms. The molecule has 1 fully saturated rings. The maximum atomic E-state index is 11.6. The molecule has 1 aliphatic rings. The van der Waals surface area contributed by atoms with Crippen molar-refractivity contribution < 1.29 is 4.79 Å². The van der Waals surface area contributed by atoms with E-state index in [0.29, 0.717) is 6.54 Å². The monoisotopic (exact) mass is 180 g/mol. The highest BCUT2D eigenvalue weighted by molar-refractivity contribution is 5.83. The van der Waals surface area contributed by atoms with Gasteiger partial charge in [-0.1, -0.05) is 12.3 Å². The number of nitrogens with one attached hydrogen (secondary N) is 1. The number of carbonyl (C=O) groups excluding carboxylic acids is 1. The molecule has 2 atom stereocenters. The summed E-state index contributed by atoms with van der Waals surface area (Å²) in [6.07, 6.45) is 7.88. The van der Waals surface area contributed by atoms with Crippen LogP contribution in [0.4, 0.5) is 0 Å². The molecule has 1 rings (SSSR count). The molecule has 0 saturated heterocycles. The van der Waals surface area contributed by atoms with Crippen molar-refractivity contribution in [3.8, 4) is 12.3 Å². The van der Waals surface area contributed by atoms with Crippen LogP contribution in [0.5, 0.6) is 0 Å². The minimum atomic E-state index is -0.406. The highest BCUT2D eigenvalue weighted by Crippen LogP contribution is 2.36. The molecule has 3 nitrogen and oxygen atoms in total. The van der Waals surface area contributed by atoms with Crippen molar-refractivity contribution in [2.75, 3.05) is 6.54 Å². The van der Waals surface area contributed by atoms with E-state index in [-0.39, 0.29) is 11.9 Å². The van der Waals surface area contributed by atoms with Crippen LogP contribution in [0.1, 0.15) is 26.2 Å². The Morgan fingerprint density at radius 2 is 2.54 bits per heavy atom. The van der Waals surface area contributed by atoms with E-state index in [2.05, 4.69) is 11.2 Å². The molecule has 3 N–H and O–H groups in total. The lowest BCUT2D eigenvalue weighted by atomic mass is 9.84. The first-order chi connectivity index (χ1) is 6.11. The van der Waals surface area contributed by atoms with Crippen LogP contribution in [0.3, 0.4) is 0 Å². The molecule has 0 aliphatic heterocycles. The number of amides is 1. The van der Waals surface area contributed by atoms with Crippen molar-refractivity contribution in [2.24, 2.45) is 11.1 Å². The zero-order valence-corrected chi connectivity index (χ0v) is 7.97. The SMILES string of the molecule is C#CCNC(=O)C1(C)CCCC1N. The largest absolute Gasteiger partial charge is 0.345 e. The Bertz CT molecular complexity index is 244. The third kappa shape index (κ3) is 1.84. The van der Waals surface area contributed by atoms with Gasteiger partial charge in [0.25, 0.3) is 0 Å². The van der Waals surface area contributed by atoms with E-state index in [0.717, 1.165) is 19.3 Å². The average Bonchev–Trinajstić information content (AvgIpc) is 2.44. The summed E-state index contributed by atoms with van der Waals surface area (Å²) < 4.78 is 0. The van der Waals surface area contributed by atoms with E-state index in [1.165, 1.54) is 0 Å². The van der Waals surface area contributed by atoms with Crippen molar-refractivity contribution >= 4 is 5.91 Å². The lowest BCUT2D eigenvalue weighted by molar-refractivity contribution is -0.130. The van der Waals surface area contributed by atoms with E-state index < -0.39 is 5.41 Å². The van der Waals surface area contributed by atoms with E-state index in [9.17, 15) is 4.79 Å². The van der Waals surface area contributed by atoms with Crippen LogP contribution in [0.25, 0.3) is 0 Å². The Kier molecular flexibility index (Phi) is 2.94. The fourth-order valence-electron chi connectivity index (χ4n) is 1.81. The molecule has 0 radical (unpaired) electrons. The van der Waals surface area contributed by atoms with Gasteiger partial charge >= 0.3 is 0 Å². The second-order valence-electron chi connectivity index (χ2n) is 3.80. The van der Waals surface area contributed by atoms with Crippen LogP contribution in [0.2, 0.25) is 0 Å². The van der Waals surface area contributed by atoms with E-state index in [4.69, 9.17) is 12.2 Å². The molecule has 0 aromatic heterocycles. The van der Waals surface area contributed by atoms with Crippen molar-refractivity contribution in [1.29, 1.82) is 0 Å². The van der Waals surface area contributed by atoms with Gasteiger partial charge in [-0.3, -0.25) is 4.79 Å². The molecule has 1 amide bonds. The molecule has 0 heterocycles. The Balaban J connectivity index is 2.59. The smallest absolute Gasteiger partial charge is 0.228 e. The van der Waals surface area contributed by atoms with Crippen molar-refractivity contribution in [1.82, 2.24) is 5.32 Å². The molecule has 1 aliphatic carbocycles. The molecule has 1 saturated carbocycles. The Morgan fingerprint density at radius 1 is 1.85 bits per heavy atom. The highest BCUT2D eigenvalue weighted by Gasteiger charge is 2.42. The minimum absolute atomic E-state index is 0.00421. The normalized spacial score (nSPS) is 32.5. The molecule has 0 aromatic carbocycles. The van der Waals surface area contributed by atoms with Crippen LogP contribution < -0.4 is 11.1 Å². The van der Waals surface area contributed by atoms with Gasteiger partial charge in [0, 0.05) is 6.04 Å². The Morgan fingerprint density at radius 3 is 3.00 bits per heavy atom. The van der Waals surface area contributed by atoms with E-state index in [1.807, 2.05) is 6.92 Å². The summed E-state index contributed by atoms with van der Waals surface area (Å²) in [6, 6.07) is -0.0229. The lowest BCUT2D eigenvalue weighted by Crippen LogP contribution is -2.47. The van der Waals surface area contributed by atoms with Crippen LogP contribution in [-0.4, -0.2) is 18.5 Å². The van der Waals surface area contributed by atoms with Gasteiger partial charge in [-0.05, 0) is 19.8 Å². The fraction of sp³-hybridized carbons (Fsp3) is 0.700. The second-order valence-corrected chi connectivity index (χ2v) is 3.80. The maximum Gasteiger partial charge on any atom is 0.228 e. The van der Waals surface area contributed by atoms with Crippen LogP contribution >= 0.6 is 0 Å².